The van der Waals surface area contributed by atoms with Crippen LogP contribution in [0.1, 0.15) is 22.3 Å². The van der Waals surface area contributed by atoms with E-state index in [1.807, 2.05) is 48.5 Å². The topological polar surface area (TPSA) is 92.3 Å². The van der Waals surface area contributed by atoms with Crippen LogP contribution in [0, 0.1) is 0 Å². The highest BCUT2D eigenvalue weighted by atomic mass is 32.2. The molecule has 0 unspecified atom stereocenters. The fourth-order valence-corrected chi connectivity index (χ4v) is 7.13. The molecule has 198 valence electrons. The smallest absolute Gasteiger partial charge is 0.207 e. The highest BCUT2D eigenvalue weighted by molar-refractivity contribution is 7.92. The quantitative estimate of drug-likeness (QED) is 0.243. The van der Waals surface area contributed by atoms with Crippen molar-refractivity contribution >= 4 is 56.1 Å². The normalized spacial score (nSPS) is 17.7. The zero-order valence-corrected chi connectivity index (χ0v) is 22.4. The van der Waals surface area contributed by atoms with E-state index < -0.39 is 9.84 Å². The molecule has 0 fully saturated rings. The average molecular weight is 555 g/mol. The first-order chi connectivity index (χ1) is 19.9. The molecule has 2 N–H and O–H groups in total. The molecule has 0 saturated heterocycles. The largest absolute Gasteiger partial charge is 0.361 e. The summed E-state index contributed by atoms with van der Waals surface area (Å²) in [6.07, 6.45) is 9.88. The van der Waals surface area contributed by atoms with Crippen LogP contribution >= 0.6 is 0 Å². The molecule has 0 saturated carbocycles. The summed E-state index contributed by atoms with van der Waals surface area (Å²) < 4.78 is 27.2. The first kappa shape index (κ1) is 24.7. The number of fused-ring (bicyclic) bond motifs is 5. The van der Waals surface area contributed by atoms with Crippen molar-refractivity contribution in [3.63, 3.8) is 0 Å². The molecule has 0 spiro atoms. The van der Waals surface area contributed by atoms with Crippen LogP contribution in [0.15, 0.2) is 119 Å². The highest BCUT2D eigenvalue weighted by Crippen LogP contribution is 2.45. The van der Waals surface area contributed by atoms with Crippen LogP contribution in [0.5, 0.6) is 0 Å². The van der Waals surface area contributed by atoms with E-state index in [1.54, 1.807) is 61.0 Å². The molecule has 3 aliphatic rings. The Morgan fingerprint density at radius 2 is 0.951 bits per heavy atom. The molecule has 0 atom stereocenters. The van der Waals surface area contributed by atoms with E-state index in [2.05, 4.69) is 10.6 Å². The summed E-state index contributed by atoms with van der Waals surface area (Å²) in [5.41, 5.74) is 6.88. The summed E-state index contributed by atoms with van der Waals surface area (Å²) in [7, 11) is -3.79. The maximum Gasteiger partial charge on any atom is 0.207 e. The highest BCUT2D eigenvalue weighted by Gasteiger charge is 2.33. The van der Waals surface area contributed by atoms with Gasteiger partial charge in [0.15, 0.2) is 11.6 Å². The monoisotopic (exact) mass is 554 g/mol. The second kappa shape index (κ2) is 9.43. The molecule has 7 rings (SSSR count). The minimum Gasteiger partial charge on any atom is -0.361 e. The molecule has 2 aliphatic carbocycles. The van der Waals surface area contributed by atoms with Crippen molar-refractivity contribution in [1.29, 1.82) is 0 Å². The Balaban J connectivity index is 1.18. The van der Waals surface area contributed by atoms with E-state index in [9.17, 15) is 18.0 Å². The Hall–Kier alpha value is -5.27. The zero-order valence-electron chi connectivity index (χ0n) is 21.6. The van der Waals surface area contributed by atoms with Crippen molar-refractivity contribution in [2.24, 2.45) is 0 Å². The van der Waals surface area contributed by atoms with Gasteiger partial charge in [0.05, 0.1) is 9.79 Å². The molecule has 0 amide bonds. The number of rotatable bonds is 4. The third kappa shape index (κ3) is 4.15. The SMILES string of the molecule is O=C1C=Cc2ccccc2C1=CNc1ccc2c(c1)S(=O)(=O)c1cc(NC=C3C(=O)C=Cc4ccccc43)ccc1-2. The number of benzene rings is 4. The Labute approximate surface area is 237 Å². The maximum atomic E-state index is 13.6. The maximum absolute atomic E-state index is 13.6. The van der Waals surface area contributed by atoms with E-state index in [-0.39, 0.29) is 21.4 Å². The lowest BCUT2D eigenvalue weighted by molar-refractivity contribution is -0.110. The zero-order chi connectivity index (χ0) is 28.1. The van der Waals surface area contributed by atoms with Crippen molar-refractivity contribution in [2.45, 2.75) is 9.79 Å². The van der Waals surface area contributed by atoms with Crippen molar-refractivity contribution in [1.82, 2.24) is 0 Å². The fourth-order valence-electron chi connectivity index (χ4n) is 5.39. The Kier molecular flexibility index (Phi) is 5.69. The van der Waals surface area contributed by atoms with Crippen LogP contribution < -0.4 is 10.6 Å². The summed E-state index contributed by atoms with van der Waals surface area (Å²) in [6.45, 7) is 0. The number of ketones is 2. The number of sulfone groups is 1. The molecule has 7 heteroatoms. The summed E-state index contributed by atoms with van der Waals surface area (Å²) in [6, 6.07) is 25.6. The van der Waals surface area contributed by atoms with Gasteiger partial charge in [0.2, 0.25) is 9.84 Å². The number of carbonyl (C=O) groups excluding carboxylic acids is 2. The van der Waals surface area contributed by atoms with Crippen molar-refractivity contribution in [2.75, 3.05) is 10.6 Å². The second-order valence-corrected chi connectivity index (χ2v) is 11.8. The molecule has 0 radical (unpaired) electrons. The van der Waals surface area contributed by atoms with Gasteiger partial charge in [0, 0.05) is 46.0 Å². The van der Waals surface area contributed by atoms with Gasteiger partial charge in [0.25, 0.3) is 0 Å². The summed E-state index contributed by atoms with van der Waals surface area (Å²) in [5, 5.41) is 6.24. The standard InChI is InChI=1S/C34H22N2O4S/c37-31-15-9-21-5-1-3-7-25(21)29(31)19-35-23-11-13-27-28-14-12-24(18-34(28)41(39,40)33(27)17-23)36-20-30-26-8-4-2-6-22(26)10-16-32(30)38/h1-20,35-36H. The molecular formula is C34H22N2O4S. The first-order valence-electron chi connectivity index (χ1n) is 13.0. The lowest BCUT2D eigenvalue weighted by atomic mass is 9.92. The Morgan fingerprint density at radius 3 is 1.41 bits per heavy atom. The van der Waals surface area contributed by atoms with Gasteiger partial charge in [-0.15, -0.1) is 0 Å². The molecule has 1 aliphatic heterocycles. The van der Waals surface area contributed by atoms with E-state index in [0.717, 1.165) is 22.3 Å². The van der Waals surface area contributed by atoms with Gasteiger partial charge in [-0.25, -0.2) is 8.42 Å². The summed E-state index contributed by atoms with van der Waals surface area (Å²) in [5.74, 6) is -0.247. The van der Waals surface area contributed by atoms with E-state index in [1.165, 1.54) is 12.2 Å². The van der Waals surface area contributed by atoms with Crippen molar-refractivity contribution in [3.05, 3.63) is 132 Å². The summed E-state index contributed by atoms with van der Waals surface area (Å²) >= 11 is 0. The van der Waals surface area contributed by atoms with Gasteiger partial charge in [-0.2, -0.15) is 0 Å². The molecule has 0 bridgehead atoms. The lowest BCUT2D eigenvalue weighted by Gasteiger charge is -2.13. The van der Waals surface area contributed by atoms with Gasteiger partial charge in [-0.1, -0.05) is 72.8 Å². The minimum absolute atomic E-state index is 0.123. The molecule has 4 aromatic carbocycles. The van der Waals surface area contributed by atoms with Crippen molar-refractivity contribution in [3.8, 4) is 11.1 Å². The molecule has 0 aromatic heterocycles. The summed E-state index contributed by atoms with van der Waals surface area (Å²) in [4.78, 5) is 25.5. The lowest BCUT2D eigenvalue weighted by Crippen LogP contribution is -2.07. The second-order valence-electron chi connectivity index (χ2n) is 9.90. The van der Waals surface area contributed by atoms with Gasteiger partial charge in [-0.3, -0.25) is 9.59 Å². The number of allylic oxidation sites excluding steroid dienone is 4. The van der Waals surface area contributed by atoms with Crippen LogP contribution in [0.3, 0.4) is 0 Å². The van der Waals surface area contributed by atoms with Gasteiger partial charge >= 0.3 is 0 Å². The number of anilines is 2. The predicted molar refractivity (Wildman–Crippen MR) is 161 cm³/mol. The van der Waals surface area contributed by atoms with Gasteiger partial charge in [0.1, 0.15) is 0 Å². The van der Waals surface area contributed by atoms with Crippen LogP contribution in [0.2, 0.25) is 0 Å². The number of carbonyl (C=O) groups is 2. The Bertz CT molecular complexity index is 1910. The van der Waals surface area contributed by atoms with E-state index in [4.69, 9.17) is 0 Å². The minimum atomic E-state index is -3.79. The average Bonchev–Trinajstić information content (AvgIpc) is 3.21. The third-order valence-electron chi connectivity index (χ3n) is 7.46. The van der Waals surface area contributed by atoms with Crippen molar-refractivity contribution < 1.29 is 18.0 Å². The molecule has 41 heavy (non-hydrogen) atoms. The molecule has 6 nitrogen and oxygen atoms in total. The molecule has 1 heterocycles. The van der Waals surface area contributed by atoms with Crippen LogP contribution in [-0.2, 0) is 19.4 Å². The predicted octanol–water partition coefficient (Wildman–Crippen LogP) is 6.60. The molecule has 4 aromatic rings. The first-order valence-corrected chi connectivity index (χ1v) is 14.5. The number of hydrogen-bond acceptors (Lipinski definition) is 6. The van der Waals surface area contributed by atoms with Gasteiger partial charge < -0.3 is 10.6 Å². The Morgan fingerprint density at radius 1 is 0.512 bits per heavy atom. The van der Waals surface area contributed by atoms with E-state index in [0.29, 0.717) is 33.6 Å². The van der Waals surface area contributed by atoms with Crippen LogP contribution in [-0.4, -0.2) is 20.0 Å². The van der Waals surface area contributed by atoms with Gasteiger partial charge in [-0.05, 0) is 58.7 Å². The third-order valence-corrected chi connectivity index (χ3v) is 9.29. The fraction of sp³-hybridized carbons (Fsp3) is 0. The van der Waals surface area contributed by atoms with Crippen LogP contribution in [0.4, 0.5) is 11.4 Å². The number of nitrogens with one attached hydrogen (secondary N) is 2. The number of hydrogen-bond donors (Lipinski definition) is 2. The van der Waals surface area contributed by atoms with Crippen LogP contribution in [0.25, 0.3) is 34.4 Å². The van der Waals surface area contributed by atoms with E-state index >= 15 is 0 Å². The molecular weight excluding hydrogens is 532 g/mol.